The van der Waals surface area contributed by atoms with Crippen LogP contribution in [0.15, 0.2) is 24.3 Å². The third-order valence-electron chi connectivity index (χ3n) is 3.33. The zero-order valence-corrected chi connectivity index (χ0v) is 11.8. The largest absolute Gasteiger partial charge is 0.324 e. The van der Waals surface area contributed by atoms with Gasteiger partial charge in [0, 0.05) is 11.4 Å². The second-order valence-electron chi connectivity index (χ2n) is 4.69. The van der Waals surface area contributed by atoms with Crippen molar-refractivity contribution in [2.75, 3.05) is 5.32 Å². The summed E-state index contributed by atoms with van der Waals surface area (Å²) in [6.07, 6.45) is 0. The molecule has 0 aliphatic heterocycles. The standard InChI is InChI=1S/C15H16N4O/c1-10-11(2)18-19(12(10)3)9-15(20)17-14-6-4-13(8-16)5-7-14/h4-7H,9H2,1-3H3,(H,17,20). The lowest BCUT2D eigenvalue weighted by atomic mass is 10.2. The minimum atomic E-state index is -0.139. The van der Waals surface area contributed by atoms with E-state index in [4.69, 9.17) is 5.26 Å². The normalized spacial score (nSPS) is 10.1. The van der Waals surface area contributed by atoms with Crippen LogP contribution in [0.25, 0.3) is 0 Å². The number of rotatable bonds is 3. The second-order valence-corrected chi connectivity index (χ2v) is 4.69. The highest BCUT2D eigenvalue weighted by molar-refractivity contribution is 5.90. The van der Waals surface area contributed by atoms with Gasteiger partial charge in [0.25, 0.3) is 0 Å². The highest BCUT2D eigenvalue weighted by Gasteiger charge is 2.10. The van der Waals surface area contributed by atoms with Crippen LogP contribution in [0, 0.1) is 32.1 Å². The Morgan fingerprint density at radius 1 is 1.30 bits per heavy atom. The summed E-state index contributed by atoms with van der Waals surface area (Å²) in [5.41, 5.74) is 4.28. The maximum Gasteiger partial charge on any atom is 0.246 e. The first-order valence-electron chi connectivity index (χ1n) is 6.32. The van der Waals surface area contributed by atoms with Crippen LogP contribution < -0.4 is 5.32 Å². The first-order chi connectivity index (χ1) is 9.51. The number of anilines is 1. The molecule has 20 heavy (non-hydrogen) atoms. The number of hydrogen-bond acceptors (Lipinski definition) is 3. The van der Waals surface area contributed by atoms with Crippen molar-refractivity contribution < 1.29 is 4.79 Å². The molecule has 1 aromatic carbocycles. The van der Waals surface area contributed by atoms with Gasteiger partial charge in [-0.15, -0.1) is 0 Å². The van der Waals surface area contributed by atoms with Gasteiger partial charge in [0.2, 0.25) is 5.91 Å². The molecule has 5 heteroatoms. The number of nitrogens with zero attached hydrogens (tertiary/aromatic N) is 3. The summed E-state index contributed by atoms with van der Waals surface area (Å²) in [4.78, 5) is 12.0. The summed E-state index contributed by atoms with van der Waals surface area (Å²) in [5, 5.41) is 15.8. The number of aromatic nitrogens is 2. The number of benzene rings is 1. The van der Waals surface area contributed by atoms with Crippen LogP contribution in [0.2, 0.25) is 0 Å². The van der Waals surface area contributed by atoms with Gasteiger partial charge in [-0.25, -0.2) is 0 Å². The van der Waals surface area contributed by atoms with E-state index in [9.17, 15) is 4.79 Å². The number of aryl methyl sites for hydroxylation is 1. The van der Waals surface area contributed by atoms with E-state index >= 15 is 0 Å². The first-order valence-corrected chi connectivity index (χ1v) is 6.32. The van der Waals surface area contributed by atoms with E-state index in [0.29, 0.717) is 11.3 Å². The van der Waals surface area contributed by atoms with E-state index in [1.54, 1.807) is 28.9 Å². The van der Waals surface area contributed by atoms with Gasteiger partial charge in [0.1, 0.15) is 6.54 Å². The molecule has 0 aliphatic carbocycles. The summed E-state index contributed by atoms with van der Waals surface area (Å²) in [7, 11) is 0. The Balaban J connectivity index is 2.05. The molecule has 1 N–H and O–H groups in total. The molecule has 2 rings (SSSR count). The highest BCUT2D eigenvalue weighted by Crippen LogP contribution is 2.12. The van der Waals surface area contributed by atoms with Crippen molar-refractivity contribution in [1.82, 2.24) is 9.78 Å². The van der Waals surface area contributed by atoms with E-state index < -0.39 is 0 Å². The number of hydrogen-bond donors (Lipinski definition) is 1. The molecule has 2 aromatic rings. The Morgan fingerprint density at radius 2 is 1.95 bits per heavy atom. The predicted octanol–water partition coefficient (Wildman–Crippen LogP) is 2.32. The average molecular weight is 268 g/mol. The van der Waals surface area contributed by atoms with Crippen LogP contribution >= 0.6 is 0 Å². The van der Waals surface area contributed by atoms with Crippen LogP contribution in [0.3, 0.4) is 0 Å². The lowest BCUT2D eigenvalue weighted by Crippen LogP contribution is -2.20. The lowest BCUT2D eigenvalue weighted by Gasteiger charge is -2.07. The number of carbonyl (C=O) groups is 1. The molecule has 0 aliphatic rings. The Bertz CT molecular complexity index is 677. The number of carbonyl (C=O) groups excluding carboxylic acids is 1. The minimum Gasteiger partial charge on any atom is -0.324 e. The predicted molar refractivity (Wildman–Crippen MR) is 76.2 cm³/mol. The Hall–Kier alpha value is -2.61. The molecule has 0 saturated heterocycles. The van der Waals surface area contributed by atoms with E-state index in [1.165, 1.54) is 0 Å². The maximum atomic E-state index is 12.0. The van der Waals surface area contributed by atoms with Crippen LogP contribution in [0.4, 0.5) is 5.69 Å². The Morgan fingerprint density at radius 3 is 2.45 bits per heavy atom. The van der Waals surface area contributed by atoms with Crippen molar-refractivity contribution in [2.24, 2.45) is 0 Å². The molecule has 1 heterocycles. The molecule has 1 amide bonds. The van der Waals surface area contributed by atoms with Crippen molar-refractivity contribution in [1.29, 1.82) is 5.26 Å². The molecule has 0 spiro atoms. The van der Waals surface area contributed by atoms with Crippen LogP contribution in [0.1, 0.15) is 22.5 Å². The summed E-state index contributed by atoms with van der Waals surface area (Å²) >= 11 is 0. The van der Waals surface area contributed by atoms with Crippen LogP contribution in [0.5, 0.6) is 0 Å². The minimum absolute atomic E-state index is 0.139. The van der Waals surface area contributed by atoms with Gasteiger partial charge in [0.05, 0.1) is 17.3 Å². The Kier molecular flexibility index (Phi) is 3.85. The van der Waals surface area contributed by atoms with E-state index in [-0.39, 0.29) is 12.5 Å². The topological polar surface area (TPSA) is 70.7 Å². The van der Waals surface area contributed by atoms with Crippen molar-refractivity contribution in [2.45, 2.75) is 27.3 Å². The van der Waals surface area contributed by atoms with Crippen LogP contribution in [-0.2, 0) is 11.3 Å². The lowest BCUT2D eigenvalue weighted by molar-refractivity contribution is -0.116. The van der Waals surface area contributed by atoms with E-state index in [1.807, 2.05) is 26.8 Å². The fourth-order valence-electron chi connectivity index (χ4n) is 1.91. The monoisotopic (exact) mass is 268 g/mol. The molecule has 0 saturated carbocycles. The third kappa shape index (κ3) is 2.86. The van der Waals surface area contributed by atoms with E-state index in [0.717, 1.165) is 17.0 Å². The van der Waals surface area contributed by atoms with Crippen molar-refractivity contribution >= 4 is 11.6 Å². The fourth-order valence-corrected chi connectivity index (χ4v) is 1.91. The third-order valence-corrected chi connectivity index (χ3v) is 3.33. The fraction of sp³-hybridized carbons (Fsp3) is 0.267. The molecule has 102 valence electrons. The molecule has 1 aromatic heterocycles. The van der Waals surface area contributed by atoms with E-state index in [2.05, 4.69) is 10.4 Å². The zero-order valence-electron chi connectivity index (χ0n) is 11.8. The van der Waals surface area contributed by atoms with Crippen molar-refractivity contribution in [3.05, 3.63) is 46.8 Å². The van der Waals surface area contributed by atoms with Crippen molar-refractivity contribution in [3.63, 3.8) is 0 Å². The number of nitrogens with one attached hydrogen (secondary N) is 1. The Labute approximate surface area is 117 Å². The van der Waals surface area contributed by atoms with Crippen molar-refractivity contribution in [3.8, 4) is 6.07 Å². The number of nitriles is 1. The van der Waals surface area contributed by atoms with Gasteiger partial charge in [-0.1, -0.05) is 0 Å². The van der Waals surface area contributed by atoms with Gasteiger partial charge < -0.3 is 5.32 Å². The average Bonchev–Trinajstić information content (AvgIpc) is 2.67. The van der Waals surface area contributed by atoms with Gasteiger partial charge in [-0.2, -0.15) is 10.4 Å². The quantitative estimate of drug-likeness (QED) is 0.928. The summed E-state index contributed by atoms with van der Waals surface area (Å²) in [6.45, 7) is 6.05. The maximum absolute atomic E-state index is 12.0. The molecule has 5 nitrogen and oxygen atoms in total. The number of amides is 1. The molecule has 0 bridgehead atoms. The summed E-state index contributed by atoms with van der Waals surface area (Å²) < 4.78 is 1.70. The SMILES string of the molecule is Cc1nn(CC(=O)Nc2ccc(C#N)cc2)c(C)c1C. The molecular weight excluding hydrogens is 252 g/mol. The molecular formula is C15H16N4O. The van der Waals surface area contributed by atoms with Gasteiger partial charge in [0.15, 0.2) is 0 Å². The smallest absolute Gasteiger partial charge is 0.246 e. The first kappa shape index (κ1) is 13.8. The van der Waals surface area contributed by atoms with Crippen LogP contribution in [-0.4, -0.2) is 15.7 Å². The summed E-state index contributed by atoms with van der Waals surface area (Å²) in [5.74, 6) is -0.139. The highest BCUT2D eigenvalue weighted by atomic mass is 16.2. The molecule has 0 fully saturated rings. The van der Waals surface area contributed by atoms with Gasteiger partial charge in [-0.3, -0.25) is 9.48 Å². The zero-order chi connectivity index (χ0) is 14.7. The molecule has 0 unspecified atom stereocenters. The summed E-state index contributed by atoms with van der Waals surface area (Å²) in [6, 6.07) is 8.80. The molecule has 0 radical (unpaired) electrons. The van der Waals surface area contributed by atoms with Gasteiger partial charge >= 0.3 is 0 Å². The molecule has 0 atom stereocenters. The van der Waals surface area contributed by atoms with Gasteiger partial charge in [-0.05, 0) is 50.6 Å². The second kappa shape index (κ2) is 5.57.